The highest BCUT2D eigenvalue weighted by atomic mass is 32.1. The Balaban J connectivity index is 1.66. The van der Waals surface area contributed by atoms with Crippen molar-refractivity contribution >= 4 is 26.7 Å². The van der Waals surface area contributed by atoms with Crippen molar-refractivity contribution in [3.8, 4) is 0 Å². The van der Waals surface area contributed by atoms with Gasteiger partial charge in [-0.25, -0.2) is 4.98 Å². The van der Waals surface area contributed by atoms with Gasteiger partial charge >= 0.3 is 0 Å². The number of ether oxygens (including phenoxy) is 1. The topological polar surface area (TPSA) is 34.1 Å². The summed E-state index contributed by atoms with van der Waals surface area (Å²) >= 11 is 1.66. The van der Waals surface area contributed by atoms with Gasteiger partial charge < -0.3 is 10.1 Å². The molecule has 3 nitrogen and oxygen atoms in total. The van der Waals surface area contributed by atoms with Crippen LogP contribution in [0.4, 0.5) is 5.13 Å². The summed E-state index contributed by atoms with van der Waals surface area (Å²) < 4.78 is 7.05. The third-order valence-electron chi connectivity index (χ3n) is 3.54. The molecule has 0 amide bonds. The van der Waals surface area contributed by atoms with Gasteiger partial charge in [0.25, 0.3) is 0 Å². The molecule has 100 valence electrons. The molecule has 2 heterocycles. The summed E-state index contributed by atoms with van der Waals surface area (Å²) in [5, 5.41) is 4.32. The predicted octanol–water partition coefficient (Wildman–Crippen LogP) is 3.98. The van der Waals surface area contributed by atoms with Gasteiger partial charge in [0.1, 0.15) is 0 Å². The summed E-state index contributed by atoms with van der Waals surface area (Å²) in [6.07, 6.45) is 0.884. The van der Waals surface area contributed by atoms with Gasteiger partial charge in [0, 0.05) is 5.56 Å². The van der Waals surface area contributed by atoms with E-state index in [0.717, 1.165) is 23.7 Å². The van der Waals surface area contributed by atoms with Gasteiger partial charge in [-0.15, -0.1) is 0 Å². The molecular formula is C16H14N2OS. The number of anilines is 1. The number of rotatable bonds is 2. The lowest BCUT2D eigenvalue weighted by Gasteiger charge is -2.26. The van der Waals surface area contributed by atoms with Crippen LogP contribution < -0.4 is 5.32 Å². The third-order valence-corrected chi connectivity index (χ3v) is 4.51. The van der Waals surface area contributed by atoms with E-state index in [1.54, 1.807) is 11.3 Å². The first-order chi connectivity index (χ1) is 9.90. The highest BCUT2D eigenvalue weighted by Crippen LogP contribution is 2.32. The molecule has 0 aliphatic carbocycles. The second kappa shape index (κ2) is 4.89. The second-order valence-electron chi connectivity index (χ2n) is 4.83. The molecule has 1 aromatic heterocycles. The van der Waals surface area contributed by atoms with Crippen LogP contribution >= 0.6 is 11.3 Å². The molecule has 1 atom stereocenters. The molecule has 3 aromatic rings. The number of hydrogen-bond acceptors (Lipinski definition) is 4. The summed E-state index contributed by atoms with van der Waals surface area (Å²) in [6, 6.07) is 16.6. The summed E-state index contributed by atoms with van der Waals surface area (Å²) in [5.74, 6) is 0. The van der Waals surface area contributed by atoms with Crippen LogP contribution in [-0.4, -0.2) is 11.6 Å². The molecule has 0 spiro atoms. The number of nitrogens with one attached hydrogen (secondary N) is 1. The van der Waals surface area contributed by atoms with Crippen LogP contribution in [0.25, 0.3) is 10.2 Å². The number of para-hydroxylation sites is 1. The smallest absolute Gasteiger partial charge is 0.186 e. The first kappa shape index (κ1) is 11.9. The van der Waals surface area contributed by atoms with Crippen LogP contribution in [-0.2, 0) is 11.2 Å². The fraction of sp³-hybridized carbons (Fsp3) is 0.188. The summed E-state index contributed by atoms with van der Waals surface area (Å²) in [7, 11) is 0. The van der Waals surface area contributed by atoms with Crippen LogP contribution in [0.15, 0.2) is 48.5 Å². The molecule has 2 aromatic carbocycles. The molecule has 0 fully saturated rings. The largest absolute Gasteiger partial charge is 0.354 e. The van der Waals surface area contributed by atoms with Gasteiger partial charge in [-0.2, -0.15) is 0 Å². The zero-order valence-electron chi connectivity index (χ0n) is 10.9. The molecule has 1 unspecified atom stereocenters. The molecule has 0 saturated carbocycles. The molecule has 20 heavy (non-hydrogen) atoms. The number of fused-ring (bicyclic) bond motifs is 2. The minimum Gasteiger partial charge on any atom is -0.354 e. The number of hydrogen-bond donors (Lipinski definition) is 1. The first-order valence-corrected chi connectivity index (χ1v) is 7.53. The first-order valence-electron chi connectivity index (χ1n) is 6.72. The molecule has 0 saturated heterocycles. The van der Waals surface area contributed by atoms with Crippen LogP contribution in [0, 0.1) is 0 Å². The fourth-order valence-corrected chi connectivity index (χ4v) is 3.44. The van der Waals surface area contributed by atoms with E-state index in [0.29, 0.717) is 0 Å². The van der Waals surface area contributed by atoms with Crippen LogP contribution in [0.5, 0.6) is 0 Å². The Morgan fingerprint density at radius 1 is 1.10 bits per heavy atom. The average Bonchev–Trinajstić information content (AvgIpc) is 2.90. The maximum absolute atomic E-state index is 5.86. The SMILES string of the molecule is c1ccc2c(c1)CCOC2Nc1nc2ccccc2s1. The number of thiazole rings is 1. The van der Waals surface area contributed by atoms with E-state index in [-0.39, 0.29) is 6.23 Å². The molecule has 1 aliphatic heterocycles. The summed E-state index contributed by atoms with van der Waals surface area (Å²) in [4.78, 5) is 4.61. The highest BCUT2D eigenvalue weighted by Gasteiger charge is 2.21. The summed E-state index contributed by atoms with van der Waals surface area (Å²) in [6.45, 7) is 0.750. The Bertz CT molecular complexity index is 720. The van der Waals surface area contributed by atoms with Crippen molar-refractivity contribution < 1.29 is 4.74 Å². The maximum atomic E-state index is 5.86. The van der Waals surface area contributed by atoms with Gasteiger partial charge in [0.05, 0.1) is 16.8 Å². The number of benzene rings is 2. The van der Waals surface area contributed by atoms with E-state index < -0.39 is 0 Å². The quantitative estimate of drug-likeness (QED) is 0.772. The van der Waals surface area contributed by atoms with Gasteiger partial charge in [-0.3, -0.25) is 0 Å². The normalized spacial score (nSPS) is 17.9. The molecule has 1 N–H and O–H groups in total. The Kier molecular flexibility index (Phi) is 2.90. The Morgan fingerprint density at radius 2 is 1.95 bits per heavy atom. The third kappa shape index (κ3) is 2.07. The molecule has 0 radical (unpaired) electrons. The standard InChI is InChI=1S/C16H14N2OS/c1-2-6-12-11(5-1)9-10-19-15(12)18-16-17-13-7-3-4-8-14(13)20-16/h1-8,15H,9-10H2,(H,17,18). The minimum atomic E-state index is -0.0967. The van der Waals surface area contributed by atoms with Gasteiger partial charge in [-0.1, -0.05) is 47.7 Å². The number of nitrogens with zero attached hydrogens (tertiary/aromatic N) is 1. The molecule has 0 bridgehead atoms. The van der Waals surface area contributed by atoms with Crippen molar-refractivity contribution in [2.75, 3.05) is 11.9 Å². The second-order valence-corrected chi connectivity index (χ2v) is 5.86. The Labute approximate surface area is 121 Å². The van der Waals surface area contributed by atoms with Crippen LogP contribution in [0.2, 0.25) is 0 Å². The molecule has 1 aliphatic rings. The van der Waals surface area contributed by atoms with Crippen LogP contribution in [0.1, 0.15) is 17.4 Å². The lowest BCUT2D eigenvalue weighted by atomic mass is 10.0. The Hall–Kier alpha value is -1.91. The monoisotopic (exact) mass is 282 g/mol. The number of aromatic nitrogens is 1. The maximum Gasteiger partial charge on any atom is 0.186 e. The van der Waals surface area contributed by atoms with E-state index in [1.165, 1.54) is 15.8 Å². The zero-order valence-corrected chi connectivity index (χ0v) is 11.7. The van der Waals surface area contributed by atoms with E-state index >= 15 is 0 Å². The van der Waals surface area contributed by atoms with Crippen molar-refractivity contribution in [1.29, 1.82) is 0 Å². The molecular weight excluding hydrogens is 268 g/mol. The van der Waals surface area contributed by atoms with E-state index in [2.05, 4.69) is 40.6 Å². The van der Waals surface area contributed by atoms with Crippen molar-refractivity contribution in [3.63, 3.8) is 0 Å². The lowest BCUT2D eigenvalue weighted by Crippen LogP contribution is -2.22. The van der Waals surface area contributed by atoms with Crippen molar-refractivity contribution in [2.24, 2.45) is 0 Å². The van der Waals surface area contributed by atoms with Gasteiger partial charge in [0.15, 0.2) is 11.4 Å². The van der Waals surface area contributed by atoms with Crippen molar-refractivity contribution in [2.45, 2.75) is 12.6 Å². The highest BCUT2D eigenvalue weighted by molar-refractivity contribution is 7.22. The molecule has 4 heteroatoms. The van der Waals surface area contributed by atoms with Gasteiger partial charge in [0.2, 0.25) is 0 Å². The predicted molar refractivity (Wildman–Crippen MR) is 82.1 cm³/mol. The minimum absolute atomic E-state index is 0.0967. The van der Waals surface area contributed by atoms with E-state index in [9.17, 15) is 0 Å². The lowest BCUT2D eigenvalue weighted by molar-refractivity contribution is 0.0618. The summed E-state index contributed by atoms with van der Waals surface area (Å²) in [5.41, 5.74) is 3.61. The van der Waals surface area contributed by atoms with E-state index in [1.807, 2.05) is 18.2 Å². The molecule has 4 rings (SSSR count). The Morgan fingerprint density at radius 3 is 2.90 bits per heavy atom. The van der Waals surface area contributed by atoms with Crippen molar-refractivity contribution in [3.05, 3.63) is 59.7 Å². The van der Waals surface area contributed by atoms with Crippen LogP contribution in [0.3, 0.4) is 0 Å². The average molecular weight is 282 g/mol. The van der Waals surface area contributed by atoms with E-state index in [4.69, 9.17) is 4.74 Å². The zero-order chi connectivity index (χ0) is 13.4. The fourth-order valence-electron chi connectivity index (χ4n) is 2.56. The van der Waals surface area contributed by atoms with Gasteiger partial charge in [-0.05, 0) is 24.1 Å². The van der Waals surface area contributed by atoms with Crippen molar-refractivity contribution in [1.82, 2.24) is 4.98 Å².